The Balaban J connectivity index is 1.59. The average molecular weight is 375 g/mol. The second-order valence-electron chi connectivity index (χ2n) is 8.19. The third-order valence-corrected chi connectivity index (χ3v) is 5.94. The van der Waals surface area contributed by atoms with Crippen molar-refractivity contribution in [2.75, 3.05) is 32.8 Å². The zero-order valence-corrected chi connectivity index (χ0v) is 17.1. The van der Waals surface area contributed by atoms with Crippen molar-refractivity contribution in [3.63, 3.8) is 0 Å². The zero-order chi connectivity index (χ0) is 19.3. The van der Waals surface area contributed by atoms with Gasteiger partial charge < -0.3 is 14.8 Å². The summed E-state index contributed by atoms with van der Waals surface area (Å²) in [4.78, 5) is 15.3. The molecule has 1 amide bonds. The maximum Gasteiger partial charge on any atom is 0.260 e. The molecule has 5 heteroatoms. The van der Waals surface area contributed by atoms with Gasteiger partial charge in [0.2, 0.25) is 0 Å². The Labute approximate surface area is 163 Å². The van der Waals surface area contributed by atoms with E-state index in [1.807, 2.05) is 32.9 Å². The van der Waals surface area contributed by atoms with Gasteiger partial charge in [-0.05, 0) is 56.9 Å². The summed E-state index contributed by atoms with van der Waals surface area (Å²) in [6.07, 6.45) is 5.58. The second kappa shape index (κ2) is 9.07. The van der Waals surface area contributed by atoms with Crippen molar-refractivity contribution >= 4 is 5.91 Å². The van der Waals surface area contributed by atoms with Crippen LogP contribution in [0.25, 0.3) is 0 Å². The van der Waals surface area contributed by atoms with Gasteiger partial charge in [0.25, 0.3) is 5.91 Å². The van der Waals surface area contributed by atoms with Crippen LogP contribution in [0.5, 0.6) is 5.75 Å². The molecule has 0 unspecified atom stereocenters. The van der Waals surface area contributed by atoms with Crippen LogP contribution in [-0.4, -0.2) is 55.3 Å². The fourth-order valence-corrected chi connectivity index (χ4v) is 4.51. The minimum Gasteiger partial charge on any atom is -0.481 e. The number of carbonyl (C=O) groups is 1. The van der Waals surface area contributed by atoms with Crippen LogP contribution < -0.4 is 10.1 Å². The van der Waals surface area contributed by atoms with E-state index in [0.29, 0.717) is 6.54 Å². The Morgan fingerprint density at radius 1 is 1.15 bits per heavy atom. The van der Waals surface area contributed by atoms with Gasteiger partial charge in [-0.1, -0.05) is 25.3 Å². The van der Waals surface area contributed by atoms with Crippen molar-refractivity contribution in [2.45, 2.75) is 64.5 Å². The van der Waals surface area contributed by atoms with Crippen molar-refractivity contribution in [3.8, 4) is 5.75 Å². The minimum atomic E-state index is -0.503. The number of amides is 1. The summed E-state index contributed by atoms with van der Waals surface area (Å²) < 4.78 is 11.4. The molecule has 0 spiro atoms. The number of rotatable bonds is 6. The van der Waals surface area contributed by atoms with Crippen molar-refractivity contribution in [1.29, 1.82) is 0 Å². The smallest absolute Gasteiger partial charge is 0.260 e. The predicted molar refractivity (Wildman–Crippen MR) is 107 cm³/mol. The molecule has 150 valence electrons. The number of benzene rings is 1. The van der Waals surface area contributed by atoms with E-state index in [2.05, 4.69) is 16.3 Å². The molecule has 2 aliphatic rings. The third-order valence-electron chi connectivity index (χ3n) is 5.94. The molecule has 0 bridgehead atoms. The monoisotopic (exact) mass is 374 g/mol. The number of ether oxygens (including phenoxy) is 2. The largest absolute Gasteiger partial charge is 0.481 e. The van der Waals surface area contributed by atoms with Crippen LogP contribution >= 0.6 is 0 Å². The molecule has 1 saturated carbocycles. The molecule has 1 aromatic carbocycles. The minimum absolute atomic E-state index is 0.0348. The molecule has 0 radical (unpaired) electrons. The SMILES string of the molecule is Cc1cc(C)cc(O[C@H](C)C(=O)NCC2(N3CCOCC3)CCCCC2)c1. The molecule has 1 aliphatic heterocycles. The summed E-state index contributed by atoms with van der Waals surface area (Å²) in [6.45, 7) is 10.1. The van der Waals surface area contributed by atoms with Gasteiger partial charge >= 0.3 is 0 Å². The highest BCUT2D eigenvalue weighted by molar-refractivity contribution is 5.80. The van der Waals surface area contributed by atoms with Gasteiger partial charge in [0, 0.05) is 25.2 Å². The summed E-state index contributed by atoms with van der Waals surface area (Å²) in [5.41, 5.74) is 2.37. The quantitative estimate of drug-likeness (QED) is 0.831. The second-order valence-corrected chi connectivity index (χ2v) is 8.19. The first kappa shape index (κ1) is 20.2. The zero-order valence-electron chi connectivity index (χ0n) is 17.1. The van der Waals surface area contributed by atoms with Crippen LogP contribution in [0.4, 0.5) is 0 Å². The molecule has 1 N–H and O–H groups in total. The molecular weight excluding hydrogens is 340 g/mol. The first-order valence-corrected chi connectivity index (χ1v) is 10.3. The molecule has 0 aromatic heterocycles. The van der Waals surface area contributed by atoms with Gasteiger partial charge in [0.1, 0.15) is 5.75 Å². The summed E-state index contributed by atoms with van der Waals surface area (Å²) in [5, 5.41) is 3.19. The fourth-order valence-electron chi connectivity index (χ4n) is 4.51. The number of hydrogen-bond acceptors (Lipinski definition) is 4. The first-order valence-electron chi connectivity index (χ1n) is 10.3. The standard InChI is InChI=1S/C22H34N2O3/c1-17-13-18(2)15-20(14-17)27-19(3)21(25)23-16-22(7-5-4-6-8-22)24-9-11-26-12-10-24/h13-15,19H,4-12,16H2,1-3H3,(H,23,25)/t19-/m1/s1. The van der Waals surface area contributed by atoms with Crippen LogP contribution in [0.15, 0.2) is 18.2 Å². The molecular formula is C22H34N2O3. The maximum atomic E-state index is 12.7. The maximum absolute atomic E-state index is 12.7. The van der Waals surface area contributed by atoms with Crippen molar-refractivity contribution < 1.29 is 14.3 Å². The average Bonchev–Trinajstić information content (AvgIpc) is 2.66. The van der Waals surface area contributed by atoms with E-state index >= 15 is 0 Å². The number of hydrogen-bond donors (Lipinski definition) is 1. The Hall–Kier alpha value is -1.59. The lowest BCUT2D eigenvalue weighted by molar-refractivity contribution is -0.128. The van der Waals surface area contributed by atoms with E-state index in [1.165, 1.54) is 19.3 Å². The molecule has 1 heterocycles. The van der Waals surface area contributed by atoms with E-state index in [9.17, 15) is 4.79 Å². The Morgan fingerprint density at radius 2 is 1.78 bits per heavy atom. The summed E-state index contributed by atoms with van der Waals surface area (Å²) in [5.74, 6) is 0.725. The van der Waals surface area contributed by atoms with Crippen LogP contribution in [0, 0.1) is 13.8 Å². The first-order chi connectivity index (χ1) is 13.0. The third kappa shape index (κ3) is 5.23. The van der Waals surface area contributed by atoms with Gasteiger partial charge in [-0.15, -0.1) is 0 Å². The van der Waals surface area contributed by atoms with Gasteiger partial charge in [0.05, 0.1) is 13.2 Å². The summed E-state index contributed by atoms with van der Waals surface area (Å²) in [7, 11) is 0. The van der Waals surface area contributed by atoms with E-state index in [4.69, 9.17) is 9.47 Å². The van der Waals surface area contributed by atoms with E-state index in [-0.39, 0.29) is 11.4 Å². The van der Waals surface area contributed by atoms with Crippen LogP contribution in [0.1, 0.15) is 50.2 Å². The van der Waals surface area contributed by atoms with Gasteiger partial charge in [-0.3, -0.25) is 9.69 Å². The summed E-state index contributed by atoms with van der Waals surface area (Å²) in [6, 6.07) is 6.06. The van der Waals surface area contributed by atoms with Crippen LogP contribution in [0.3, 0.4) is 0 Å². The highest BCUT2D eigenvalue weighted by atomic mass is 16.5. The Kier molecular flexibility index (Phi) is 6.77. The van der Waals surface area contributed by atoms with Crippen molar-refractivity contribution in [2.24, 2.45) is 0 Å². The van der Waals surface area contributed by atoms with Gasteiger partial charge in [0.15, 0.2) is 6.10 Å². The summed E-state index contributed by atoms with van der Waals surface area (Å²) >= 11 is 0. The normalized spacial score (nSPS) is 21.4. The number of nitrogens with one attached hydrogen (secondary N) is 1. The Bertz CT molecular complexity index is 614. The number of aryl methyl sites for hydroxylation is 2. The van der Waals surface area contributed by atoms with E-state index < -0.39 is 6.10 Å². The van der Waals surface area contributed by atoms with Crippen molar-refractivity contribution in [3.05, 3.63) is 29.3 Å². The predicted octanol–water partition coefficient (Wildman–Crippen LogP) is 3.22. The molecule has 1 aliphatic carbocycles. The molecule has 3 rings (SSSR count). The topological polar surface area (TPSA) is 50.8 Å². The highest BCUT2D eigenvalue weighted by Crippen LogP contribution is 2.34. The Morgan fingerprint density at radius 3 is 2.41 bits per heavy atom. The lowest BCUT2D eigenvalue weighted by Crippen LogP contribution is -2.60. The highest BCUT2D eigenvalue weighted by Gasteiger charge is 2.39. The lowest BCUT2D eigenvalue weighted by atomic mass is 9.79. The lowest BCUT2D eigenvalue weighted by Gasteiger charge is -2.48. The van der Waals surface area contributed by atoms with Gasteiger partial charge in [-0.25, -0.2) is 0 Å². The molecule has 27 heavy (non-hydrogen) atoms. The number of nitrogens with zero attached hydrogens (tertiary/aromatic N) is 1. The number of carbonyl (C=O) groups excluding carboxylic acids is 1. The van der Waals surface area contributed by atoms with Crippen molar-refractivity contribution in [1.82, 2.24) is 10.2 Å². The van der Waals surface area contributed by atoms with Crippen LogP contribution in [0.2, 0.25) is 0 Å². The fraction of sp³-hybridized carbons (Fsp3) is 0.682. The molecule has 2 fully saturated rings. The molecule has 1 aromatic rings. The van der Waals surface area contributed by atoms with E-state index in [0.717, 1.165) is 56.0 Å². The molecule has 1 saturated heterocycles. The van der Waals surface area contributed by atoms with E-state index in [1.54, 1.807) is 0 Å². The van der Waals surface area contributed by atoms with Gasteiger partial charge in [-0.2, -0.15) is 0 Å². The van der Waals surface area contributed by atoms with Crippen LogP contribution in [-0.2, 0) is 9.53 Å². The molecule has 5 nitrogen and oxygen atoms in total. The molecule has 1 atom stereocenters. The number of morpholine rings is 1.